The SMILES string of the molecule is NC(N)=[N][Sn]. The van der Waals surface area contributed by atoms with Crippen LogP contribution in [0.1, 0.15) is 0 Å². The van der Waals surface area contributed by atoms with Crippen LogP contribution in [-0.4, -0.2) is 28.8 Å². The first-order valence-corrected chi connectivity index (χ1v) is 2.30. The van der Waals surface area contributed by atoms with Crippen molar-refractivity contribution in [2.45, 2.75) is 0 Å². The summed E-state index contributed by atoms with van der Waals surface area (Å²) in [6, 6.07) is 0. The fourth-order valence-electron chi connectivity index (χ4n) is 0. The zero-order chi connectivity index (χ0) is 4.28. The molecule has 0 amide bonds. The van der Waals surface area contributed by atoms with Crippen LogP contribution in [0.25, 0.3) is 0 Å². The van der Waals surface area contributed by atoms with Crippen LogP contribution in [0.4, 0.5) is 0 Å². The molecule has 0 aliphatic heterocycles. The minimum atomic E-state index is 0.170. The van der Waals surface area contributed by atoms with Gasteiger partial charge < -0.3 is 0 Å². The van der Waals surface area contributed by atoms with Crippen molar-refractivity contribution in [1.29, 1.82) is 0 Å². The minimum absolute atomic E-state index is 0.170. The van der Waals surface area contributed by atoms with Gasteiger partial charge in [-0.3, -0.25) is 0 Å². The molecule has 3 nitrogen and oxygen atoms in total. The van der Waals surface area contributed by atoms with E-state index in [-0.39, 0.29) is 5.96 Å². The Balaban J connectivity index is 3.14. The van der Waals surface area contributed by atoms with Crippen LogP contribution in [0.5, 0.6) is 0 Å². The molecule has 4 heteroatoms. The second-order valence-electron chi connectivity index (χ2n) is 0.537. The van der Waals surface area contributed by atoms with E-state index in [0.717, 1.165) is 22.8 Å². The Kier molecular flexibility index (Phi) is 2.35. The van der Waals surface area contributed by atoms with E-state index < -0.39 is 0 Å². The van der Waals surface area contributed by atoms with Crippen molar-refractivity contribution in [1.82, 2.24) is 0 Å². The van der Waals surface area contributed by atoms with E-state index >= 15 is 0 Å². The summed E-state index contributed by atoms with van der Waals surface area (Å²) in [6.45, 7) is 0. The normalized spacial score (nSPS) is 6.60. The summed E-state index contributed by atoms with van der Waals surface area (Å²) in [5.41, 5.74) is 9.68. The van der Waals surface area contributed by atoms with Crippen LogP contribution in [0.2, 0.25) is 0 Å². The van der Waals surface area contributed by atoms with Gasteiger partial charge in [-0.15, -0.1) is 0 Å². The van der Waals surface area contributed by atoms with Crippen molar-refractivity contribution < 1.29 is 0 Å². The fourth-order valence-corrected chi connectivity index (χ4v) is 0. The molecule has 5 heavy (non-hydrogen) atoms. The van der Waals surface area contributed by atoms with Crippen molar-refractivity contribution in [2.24, 2.45) is 14.7 Å². The first-order chi connectivity index (χ1) is 2.27. The molecule has 0 aromatic heterocycles. The molecule has 3 radical (unpaired) electrons. The zero-order valence-corrected chi connectivity index (χ0v) is 5.46. The van der Waals surface area contributed by atoms with Gasteiger partial charge in [0, 0.05) is 0 Å². The van der Waals surface area contributed by atoms with Crippen LogP contribution in [0, 0.1) is 0 Å². The predicted octanol–water partition coefficient (Wildman–Crippen LogP) is -1.66. The number of hydrogen-bond donors (Lipinski definition) is 2. The van der Waals surface area contributed by atoms with E-state index in [0.29, 0.717) is 0 Å². The van der Waals surface area contributed by atoms with Crippen LogP contribution in [-0.2, 0) is 0 Å². The van der Waals surface area contributed by atoms with Gasteiger partial charge in [0.1, 0.15) is 0 Å². The maximum absolute atomic E-state index is 4.84. The molecule has 0 bridgehead atoms. The molecular formula is CH4N3Sn. The second kappa shape index (κ2) is 2.31. The number of hydrogen-bond acceptors (Lipinski definition) is 1. The summed E-state index contributed by atoms with van der Waals surface area (Å²) < 4.78 is 3.45. The Hall–Kier alpha value is 0.0687. The van der Waals surface area contributed by atoms with Crippen molar-refractivity contribution >= 4 is 28.8 Å². The molecule has 0 spiro atoms. The molecule has 0 saturated carbocycles. The first-order valence-electron chi connectivity index (χ1n) is 1.02. The summed E-state index contributed by atoms with van der Waals surface area (Å²) in [6.07, 6.45) is 0. The van der Waals surface area contributed by atoms with Gasteiger partial charge >= 0.3 is 43.4 Å². The monoisotopic (exact) mass is 178 g/mol. The van der Waals surface area contributed by atoms with Crippen LogP contribution < -0.4 is 11.5 Å². The third-order valence-electron chi connectivity index (χ3n) is 0.129. The van der Waals surface area contributed by atoms with Gasteiger partial charge in [0.15, 0.2) is 0 Å². The van der Waals surface area contributed by atoms with E-state index in [1.54, 1.807) is 0 Å². The van der Waals surface area contributed by atoms with Gasteiger partial charge in [0.2, 0.25) is 0 Å². The summed E-state index contributed by atoms with van der Waals surface area (Å²) in [5, 5.41) is 0. The third kappa shape index (κ3) is 4.07. The molecule has 0 heterocycles. The molecular weight excluding hydrogens is 173 g/mol. The van der Waals surface area contributed by atoms with Gasteiger partial charge in [-0.05, 0) is 0 Å². The molecule has 0 aliphatic rings. The fraction of sp³-hybridized carbons (Fsp3) is 0. The predicted molar refractivity (Wildman–Crippen MR) is 21.6 cm³/mol. The molecule has 0 fully saturated rings. The molecule has 0 rings (SSSR count). The van der Waals surface area contributed by atoms with Crippen molar-refractivity contribution in [3.63, 3.8) is 0 Å². The molecule has 0 aromatic rings. The molecule has 0 saturated heterocycles. The Bertz CT molecular complexity index is 44.9. The number of guanidine groups is 1. The standard InChI is InChI=1S/CH4N3.Sn/c2-1(3)4;/h(H4-,2,3,4);/q-1;+1. The van der Waals surface area contributed by atoms with Gasteiger partial charge in [-0.1, -0.05) is 0 Å². The van der Waals surface area contributed by atoms with Crippen molar-refractivity contribution in [3.05, 3.63) is 0 Å². The van der Waals surface area contributed by atoms with E-state index in [1.807, 2.05) is 0 Å². The number of rotatable bonds is 0. The van der Waals surface area contributed by atoms with Gasteiger partial charge in [-0.2, -0.15) is 0 Å². The summed E-state index contributed by atoms with van der Waals surface area (Å²) in [4.78, 5) is 0. The third-order valence-corrected chi connectivity index (χ3v) is 0.866. The topological polar surface area (TPSA) is 64.4 Å². The Morgan fingerprint density at radius 1 is 1.60 bits per heavy atom. The maximum atomic E-state index is 4.84. The van der Waals surface area contributed by atoms with Crippen molar-refractivity contribution in [2.75, 3.05) is 0 Å². The van der Waals surface area contributed by atoms with Gasteiger partial charge in [0.25, 0.3) is 0 Å². The van der Waals surface area contributed by atoms with Crippen LogP contribution in [0.3, 0.4) is 0 Å². The quantitative estimate of drug-likeness (QED) is 0.264. The van der Waals surface area contributed by atoms with E-state index in [2.05, 4.69) is 3.21 Å². The van der Waals surface area contributed by atoms with Crippen molar-refractivity contribution in [3.8, 4) is 0 Å². The second-order valence-corrected chi connectivity index (χ2v) is 1.17. The molecule has 0 aromatic carbocycles. The Morgan fingerprint density at radius 3 is 1.80 bits per heavy atom. The van der Waals surface area contributed by atoms with Gasteiger partial charge in [0.05, 0.1) is 0 Å². The molecule has 4 N–H and O–H groups in total. The first kappa shape index (κ1) is 5.07. The van der Waals surface area contributed by atoms with E-state index in [1.165, 1.54) is 0 Å². The molecule has 0 unspecified atom stereocenters. The van der Waals surface area contributed by atoms with Crippen LogP contribution in [0.15, 0.2) is 3.21 Å². The Morgan fingerprint density at radius 2 is 1.80 bits per heavy atom. The summed E-state index contributed by atoms with van der Waals surface area (Å²) in [5.74, 6) is 0.170. The average Bonchev–Trinajstić information content (AvgIpc) is 1.38. The van der Waals surface area contributed by atoms with E-state index in [9.17, 15) is 0 Å². The summed E-state index contributed by atoms with van der Waals surface area (Å²) >= 11 is 1.00. The Labute approximate surface area is 43.9 Å². The van der Waals surface area contributed by atoms with Crippen LogP contribution >= 0.6 is 0 Å². The molecule has 0 atom stereocenters. The van der Waals surface area contributed by atoms with E-state index in [4.69, 9.17) is 11.5 Å². The molecule has 0 aliphatic carbocycles. The van der Waals surface area contributed by atoms with Gasteiger partial charge in [-0.25, -0.2) is 0 Å². The summed E-state index contributed by atoms with van der Waals surface area (Å²) in [7, 11) is 0. The average molecular weight is 177 g/mol. The number of nitrogens with zero attached hydrogens (tertiary/aromatic N) is 1. The zero-order valence-electron chi connectivity index (χ0n) is 2.60. The molecule has 27 valence electrons. The number of nitrogens with two attached hydrogens (primary N) is 2.